The van der Waals surface area contributed by atoms with Crippen LogP contribution in [-0.2, 0) is 17.8 Å². The Hall–Kier alpha value is -3.25. The van der Waals surface area contributed by atoms with Crippen LogP contribution >= 0.6 is 11.8 Å². The molecule has 0 spiro atoms. The predicted octanol–water partition coefficient (Wildman–Crippen LogP) is 4.91. The molecule has 5 nitrogen and oxygen atoms in total. The highest BCUT2D eigenvalue weighted by molar-refractivity contribution is 7.99. The molecule has 0 fully saturated rings. The lowest BCUT2D eigenvalue weighted by atomic mass is 10.0. The molecular formula is C25H24N4OS. The Morgan fingerprint density at radius 2 is 1.84 bits per heavy atom. The third-order valence-electron chi connectivity index (χ3n) is 5.07. The third-order valence-corrected chi connectivity index (χ3v) is 6.09. The summed E-state index contributed by atoms with van der Waals surface area (Å²) in [6.45, 7) is 4.75. The number of ketones is 1. The van der Waals surface area contributed by atoms with E-state index in [0.717, 1.165) is 33.2 Å². The number of carbonyl (C=O) groups is 1. The van der Waals surface area contributed by atoms with Crippen molar-refractivity contribution in [3.8, 4) is 11.4 Å². The van der Waals surface area contributed by atoms with Crippen molar-refractivity contribution >= 4 is 17.5 Å². The van der Waals surface area contributed by atoms with Gasteiger partial charge in [0.15, 0.2) is 11.0 Å². The first-order valence-electron chi connectivity index (χ1n) is 10.2. The van der Waals surface area contributed by atoms with Crippen molar-refractivity contribution in [1.82, 2.24) is 19.7 Å². The summed E-state index contributed by atoms with van der Waals surface area (Å²) in [7, 11) is 0. The number of nitrogens with zero attached hydrogens (tertiary/aromatic N) is 4. The number of aryl methyl sites for hydroxylation is 2. The van der Waals surface area contributed by atoms with Gasteiger partial charge in [0.05, 0.1) is 12.3 Å². The van der Waals surface area contributed by atoms with Crippen LogP contribution in [0.15, 0.2) is 78.2 Å². The maximum atomic E-state index is 12.7. The van der Waals surface area contributed by atoms with Gasteiger partial charge in [-0.2, -0.15) is 0 Å². The molecule has 31 heavy (non-hydrogen) atoms. The molecule has 0 aliphatic rings. The fourth-order valence-corrected chi connectivity index (χ4v) is 4.26. The molecule has 0 unspecified atom stereocenters. The molecule has 0 saturated heterocycles. The van der Waals surface area contributed by atoms with E-state index in [1.54, 1.807) is 12.4 Å². The second kappa shape index (κ2) is 9.71. The first-order valence-corrected chi connectivity index (χ1v) is 11.2. The molecule has 0 bridgehead atoms. The Bertz CT molecular complexity index is 1170. The normalized spacial score (nSPS) is 10.9. The summed E-state index contributed by atoms with van der Waals surface area (Å²) in [4.78, 5) is 16.9. The fraction of sp³-hybridized carbons (Fsp3) is 0.200. The van der Waals surface area contributed by atoms with Crippen LogP contribution in [0.3, 0.4) is 0 Å². The average Bonchev–Trinajstić information content (AvgIpc) is 3.18. The van der Waals surface area contributed by atoms with Crippen molar-refractivity contribution in [1.29, 1.82) is 0 Å². The number of aromatic nitrogens is 4. The average molecular weight is 429 g/mol. The Morgan fingerprint density at radius 1 is 1.00 bits per heavy atom. The summed E-state index contributed by atoms with van der Waals surface area (Å²) in [6.07, 6.45) is 3.95. The van der Waals surface area contributed by atoms with Crippen LogP contribution in [0.1, 0.15) is 22.3 Å². The number of carbonyl (C=O) groups excluding carboxylic acids is 1. The summed E-state index contributed by atoms with van der Waals surface area (Å²) in [5.41, 5.74) is 5.50. The Labute approximate surface area is 186 Å². The van der Waals surface area contributed by atoms with Crippen molar-refractivity contribution in [3.63, 3.8) is 0 Å². The zero-order chi connectivity index (χ0) is 21.6. The van der Waals surface area contributed by atoms with Crippen LogP contribution < -0.4 is 0 Å². The molecule has 0 saturated carbocycles. The van der Waals surface area contributed by atoms with Gasteiger partial charge in [0.1, 0.15) is 5.78 Å². The van der Waals surface area contributed by atoms with Crippen LogP contribution in [0, 0.1) is 13.8 Å². The van der Waals surface area contributed by atoms with E-state index in [-0.39, 0.29) is 5.78 Å². The van der Waals surface area contributed by atoms with Crippen molar-refractivity contribution in [2.24, 2.45) is 0 Å². The molecule has 2 aromatic carbocycles. The smallest absolute Gasteiger partial charge is 0.192 e. The lowest BCUT2D eigenvalue weighted by molar-refractivity contribution is -0.116. The number of rotatable bonds is 8. The molecule has 4 rings (SSSR count). The van der Waals surface area contributed by atoms with Crippen molar-refractivity contribution in [2.45, 2.75) is 32.0 Å². The van der Waals surface area contributed by atoms with E-state index in [1.165, 1.54) is 17.3 Å². The molecule has 2 aromatic heterocycles. The minimum absolute atomic E-state index is 0.175. The molecule has 0 atom stereocenters. The number of thioether (sulfide) groups is 1. The SMILES string of the molecule is Cc1ccc(CC(=O)CSc2nnc(-c3cccnc3)n2Cc2ccccc2)c(C)c1. The van der Waals surface area contributed by atoms with E-state index in [4.69, 9.17) is 0 Å². The molecule has 6 heteroatoms. The lowest BCUT2D eigenvalue weighted by Gasteiger charge is -2.10. The topological polar surface area (TPSA) is 60.7 Å². The monoisotopic (exact) mass is 428 g/mol. The summed E-state index contributed by atoms with van der Waals surface area (Å²) in [5, 5.41) is 9.53. The minimum atomic E-state index is 0.175. The molecule has 0 amide bonds. The quantitative estimate of drug-likeness (QED) is 0.373. The zero-order valence-corrected chi connectivity index (χ0v) is 18.5. The molecule has 0 aliphatic carbocycles. The Morgan fingerprint density at radius 3 is 2.58 bits per heavy atom. The van der Waals surface area contributed by atoms with Gasteiger partial charge in [0, 0.05) is 24.4 Å². The van der Waals surface area contributed by atoms with Crippen LogP contribution in [0.2, 0.25) is 0 Å². The second-order valence-electron chi connectivity index (χ2n) is 7.55. The van der Waals surface area contributed by atoms with E-state index in [1.807, 2.05) is 36.4 Å². The van der Waals surface area contributed by atoms with Crippen molar-refractivity contribution in [2.75, 3.05) is 5.75 Å². The number of Topliss-reactive ketones (excluding diaryl/α,β-unsaturated/α-hetero) is 1. The number of hydrogen-bond donors (Lipinski definition) is 0. The summed E-state index contributed by atoms with van der Waals surface area (Å²) in [5.74, 6) is 1.28. The molecule has 0 radical (unpaired) electrons. The molecule has 0 aliphatic heterocycles. The van der Waals surface area contributed by atoms with E-state index in [0.29, 0.717) is 18.7 Å². The fourth-order valence-electron chi connectivity index (χ4n) is 3.47. The first kappa shape index (κ1) is 21.0. The van der Waals surface area contributed by atoms with Crippen LogP contribution in [0.25, 0.3) is 11.4 Å². The van der Waals surface area contributed by atoms with Crippen LogP contribution in [-0.4, -0.2) is 31.3 Å². The van der Waals surface area contributed by atoms with Gasteiger partial charge in [-0.3, -0.25) is 14.3 Å². The maximum Gasteiger partial charge on any atom is 0.192 e. The number of pyridine rings is 1. The first-order chi connectivity index (χ1) is 15.1. The van der Waals surface area contributed by atoms with Gasteiger partial charge in [-0.15, -0.1) is 10.2 Å². The number of hydrogen-bond acceptors (Lipinski definition) is 5. The molecule has 4 aromatic rings. The van der Waals surface area contributed by atoms with Crippen LogP contribution in [0.5, 0.6) is 0 Å². The third kappa shape index (κ3) is 5.27. The van der Waals surface area contributed by atoms with Gasteiger partial charge in [-0.05, 0) is 42.7 Å². The second-order valence-corrected chi connectivity index (χ2v) is 8.50. The molecule has 156 valence electrons. The standard InChI is InChI=1S/C25H24N4OS/c1-18-10-11-21(19(2)13-18)14-23(30)17-31-25-28-27-24(22-9-6-12-26-15-22)29(25)16-20-7-4-3-5-8-20/h3-13,15H,14,16-17H2,1-2H3. The highest BCUT2D eigenvalue weighted by Crippen LogP contribution is 2.25. The van der Waals surface area contributed by atoms with Gasteiger partial charge in [-0.1, -0.05) is 65.9 Å². The lowest BCUT2D eigenvalue weighted by Crippen LogP contribution is -2.09. The predicted molar refractivity (Wildman–Crippen MR) is 124 cm³/mol. The maximum absolute atomic E-state index is 12.7. The van der Waals surface area contributed by atoms with Crippen molar-refractivity contribution < 1.29 is 4.79 Å². The van der Waals surface area contributed by atoms with E-state index in [9.17, 15) is 4.79 Å². The summed E-state index contributed by atoms with van der Waals surface area (Å²) < 4.78 is 2.06. The Kier molecular flexibility index (Phi) is 6.57. The highest BCUT2D eigenvalue weighted by atomic mass is 32.2. The molecule has 0 N–H and O–H groups in total. The minimum Gasteiger partial charge on any atom is -0.298 e. The number of benzene rings is 2. The highest BCUT2D eigenvalue weighted by Gasteiger charge is 2.17. The van der Waals surface area contributed by atoms with E-state index >= 15 is 0 Å². The Balaban J connectivity index is 1.53. The van der Waals surface area contributed by atoms with Crippen LogP contribution in [0.4, 0.5) is 0 Å². The van der Waals surface area contributed by atoms with Gasteiger partial charge < -0.3 is 0 Å². The van der Waals surface area contributed by atoms with Gasteiger partial charge in [0.2, 0.25) is 0 Å². The van der Waals surface area contributed by atoms with Gasteiger partial charge in [-0.25, -0.2) is 0 Å². The van der Waals surface area contributed by atoms with E-state index < -0.39 is 0 Å². The van der Waals surface area contributed by atoms with Crippen molar-refractivity contribution in [3.05, 3.63) is 95.3 Å². The van der Waals surface area contributed by atoms with E-state index in [2.05, 4.69) is 57.9 Å². The summed E-state index contributed by atoms with van der Waals surface area (Å²) in [6, 6.07) is 20.3. The van der Waals surface area contributed by atoms with Gasteiger partial charge in [0.25, 0.3) is 0 Å². The summed E-state index contributed by atoms with van der Waals surface area (Å²) >= 11 is 1.44. The molecule has 2 heterocycles. The largest absolute Gasteiger partial charge is 0.298 e. The zero-order valence-electron chi connectivity index (χ0n) is 17.7. The van der Waals surface area contributed by atoms with Gasteiger partial charge >= 0.3 is 0 Å². The molecular weight excluding hydrogens is 404 g/mol.